The number of nitrogens with one attached hydrogen (secondary N) is 1. The van der Waals surface area contributed by atoms with Crippen LogP contribution in [-0.4, -0.2) is 16.0 Å². The van der Waals surface area contributed by atoms with Crippen molar-refractivity contribution in [1.82, 2.24) is 15.5 Å². The number of nitrogens with zero attached hydrogens (tertiary/aromatic N) is 2. The van der Waals surface area contributed by atoms with Crippen LogP contribution in [0.5, 0.6) is 0 Å². The summed E-state index contributed by atoms with van der Waals surface area (Å²) >= 11 is 0. The molecule has 0 aliphatic heterocycles. The minimum Gasteiger partial charge on any atom is -0.448 e. The topological polar surface area (TPSA) is 81.2 Å². The fourth-order valence-electron chi connectivity index (χ4n) is 2.73. The second-order valence-corrected chi connectivity index (χ2v) is 5.89. The monoisotopic (exact) mass is 347 g/mol. The van der Waals surface area contributed by atoms with Gasteiger partial charge in [0.1, 0.15) is 17.7 Å². The van der Waals surface area contributed by atoms with E-state index < -0.39 is 0 Å². The lowest BCUT2D eigenvalue weighted by Crippen LogP contribution is -2.22. The molecule has 6 heteroatoms. The van der Waals surface area contributed by atoms with E-state index in [1.54, 1.807) is 24.5 Å². The first-order valence-electron chi connectivity index (χ1n) is 8.41. The van der Waals surface area contributed by atoms with E-state index in [-0.39, 0.29) is 5.91 Å². The van der Waals surface area contributed by atoms with Crippen LogP contribution in [0, 0.1) is 0 Å². The van der Waals surface area contributed by atoms with Crippen LogP contribution in [0.4, 0.5) is 0 Å². The maximum absolute atomic E-state index is 12.5. The molecule has 26 heavy (non-hydrogen) atoms. The lowest BCUT2D eigenvalue weighted by Gasteiger charge is -2.05. The van der Waals surface area contributed by atoms with E-state index in [0.717, 1.165) is 10.9 Å². The van der Waals surface area contributed by atoms with Crippen LogP contribution in [0.25, 0.3) is 22.4 Å². The highest BCUT2D eigenvalue weighted by molar-refractivity contribution is 6.00. The van der Waals surface area contributed by atoms with Crippen LogP contribution in [0.15, 0.2) is 63.7 Å². The van der Waals surface area contributed by atoms with Crippen LogP contribution < -0.4 is 5.32 Å². The van der Waals surface area contributed by atoms with E-state index in [1.165, 1.54) is 0 Å². The number of carbonyl (C=O) groups is 1. The van der Waals surface area contributed by atoms with Crippen LogP contribution in [0.2, 0.25) is 0 Å². The Bertz CT molecular complexity index is 1050. The fourth-order valence-corrected chi connectivity index (χ4v) is 2.73. The highest BCUT2D eigenvalue weighted by Crippen LogP contribution is 2.28. The molecular weight excluding hydrogens is 330 g/mol. The summed E-state index contributed by atoms with van der Waals surface area (Å²) in [5, 5.41) is 7.73. The van der Waals surface area contributed by atoms with Gasteiger partial charge < -0.3 is 14.3 Å². The number of hydrogen-bond acceptors (Lipinski definition) is 5. The van der Waals surface area contributed by atoms with Gasteiger partial charge in [-0.2, -0.15) is 0 Å². The molecule has 0 fully saturated rings. The number of rotatable bonds is 5. The van der Waals surface area contributed by atoms with Gasteiger partial charge in [-0.15, -0.1) is 0 Å². The van der Waals surface area contributed by atoms with E-state index in [1.807, 2.05) is 37.3 Å². The van der Waals surface area contributed by atoms with Crippen molar-refractivity contribution in [3.8, 4) is 11.4 Å². The summed E-state index contributed by atoms with van der Waals surface area (Å²) in [6.07, 6.45) is 2.25. The third-order valence-corrected chi connectivity index (χ3v) is 4.12. The number of aryl methyl sites for hydroxylation is 1. The molecule has 0 radical (unpaired) electrons. The Morgan fingerprint density at radius 3 is 2.77 bits per heavy atom. The number of benzene rings is 2. The predicted molar refractivity (Wildman–Crippen MR) is 96.5 cm³/mol. The van der Waals surface area contributed by atoms with Gasteiger partial charge in [0.15, 0.2) is 11.5 Å². The van der Waals surface area contributed by atoms with Gasteiger partial charge in [0.25, 0.3) is 5.91 Å². The Labute approximate surface area is 149 Å². The lowest BCUT2D eigenvalue weighted by atomic mass is 10.1. The molecule has 6 nitrogen and oxygen atoms in total. The smallest absolute Gasteiger partial charge is 0.251 e. The van der Waals surface area contributed by atoms with E-state index in [9.17, 15) is 4.79 Å². The Hall–Kier alpha value is -3.41. The van der Waals surface area contributed by atoms with Gasteiger partial charge in [0.05, 0.1) is 5.39 Å². The normalized spacial score (nSPS) is 11.0. The number of aromatic nitrogens is 2. The summed E-state index contributed by atoms with van der Waals surface area (Å²) in [6.45, 7) is 2.43. The van der Waals surface area contributed by atoms with Gasteiger partial charge in [-0.05, 0) is 23.8 Å². The number of hydrogen-bond donors (Lipinski definition) is 1. The van der Waals surface area contributed by atoms with E-state index in [2.05, 4.69) is 15.5 Å². The average molecular weight is 347 g/mol. The Morgan fingerprint density at radius 2 is 2.00 bits per heavy atom. The van der Waals surface area contributed by atoms with Crippen LogP contribution in [-0.2, 0) is 13.0 Å². The molecular formula is C20H17N3O3. The third kappa shape index (κ3) is 3.09. The lowest BCUT2D eigenvalue weighted by molar-refractivity contribution is 0.0951. The average Bonchev–Trinajstić information content (AvgIpc) is 3.32. The number of carbonyl (C=O) groups excluding carboxylic acids is 1. The van der Waals surface area contributed by atoms with Crippen LogP contribution in [0.1, 0.15) is 28.7 Å². The predicted octanol–water partition coefficient (Wildman–Crippen LogP) is 3.98. The minimum absolute atomic E-state index is 0.155. The van der Waals surface area contributed by atoms with Crippen molar-refractivity contribution in [2.24, 2.45) is 0 Å². The SMILES string of the molecule is CCc1nc(-c2noc3ccc(C(=O)NCc4ccccc4)cc23)co1. The van der Waals surface area contributed by atoms with Crippen molar-refractivity contribution in [3.63, 3.8) is 0 Å². The van der Waals surface area contributed by atoms with Crippen molar-refractivity contribution < 1.29 is 13.7 Å². The molecule has 4 aromatic rings. The molecule has 2 aromatic carbocycles. The first-order chi connectivity index (χ1) is 12.7. The first-order valence-corrected chi connectivity index (χ1v) is 8.41. The molecule has 0 saturated heterocycles. The summed E-state index contributed by atoms with van der Waals surface area (Å²) in [7, 11) is 0. The van der Waals surface area contributed by atoms with Gasteiger partial charge in [0.2, 0.25) is 0 Å². The second kappa shape index (κ2) is 6.84. The van der Waals surface area contributed by atoms with Gasteiger partial charge in [-0.3, -0.25) is 4.79 Å². The molecule has 1 amide bonds. The minimum atomic E-state index is -0.155. The van der Waals surface area contributed by atoms with E-state index in [0.29, 0.717) is 41.4 Å². The number of fused-ring (bicyclic) bond motifs is 1. The summed E-state index contributed by atoms with van der Waals surface area (Å²) < 4.78 is 10.7. The third-order valence-electron chi connectivity index (χ3n) is 4.12. The zero-order valence-corrected chi connectivity index (χ0v) is 14.2. The molecule has 4 rings (SSSR count). The maximum Gasteiger partial charge on any atom is 0.251 e. The molecule has 0 bridgehead atoms. The molecule has 0 unspecified atom stereocenters. The van der Waals surface area contributed by atoms with Crippen molar-refractivity contribution in [1.29, 1.82) is 0 Å². The second-order valence-electron chi connectivity index (χ2n) is 5.89. The first kappa shape index (κ1) is 16.1. The molecule has 130 valence electrons. The zero-order chi connectivity index (χ0) is 17.9. The fraction of sp³-hybridized carbons (Fsp3) is 0.150. The van der Waals surface area contributed by atoms with Gasteiger partial charge in [-0.1, -0.05) is 42.4 Å². The summed E-state index contributed by atoms with van der Waals surface area (Å²) in [6, 6.07) is 15.0. The standard InChI is InChI=1S/C20H17N3O3/c1-2-18-22-16(12-25-18)19-15-10-14(8-9-17(15)26-23-19)20(24)21-11-13-6-4-3-5-7-13/h3-10,12H,2,11H2,1H3,(H,21,24). The molecule has 0 aliphatic rings. The van der Waals surface area contributed by atoms with Gasteiger partial charge in [-0.25, -0.2) is 4.98 Å². The molecule has 1 N–H and O–H groups in total. The summed E-state index contributed by atoms with van der Waals surface area (Å²) in [5.41, 5.74) is 3.35. The van der Waals surface area contributed by atoms with Gasteiger partial charge in [0, 0.05) is 18.5 Å². The highest BCUT2D eigenvalue weighted by Gasteiger charge is 2.16. The molecule has 0 saturated carbocycles. The van der Waals surface area contributed by atoms with E-state index >= 15 is 0 Å². The van der Waals surface area contributed by atoms with Crippen LogP contribution in [0.3, 0.4) is 0 Å². The largest absolute Gasteiger partial charge is 0.448 e. The van der Waals surface area contributed by atoms with Crippen LogP contribution >= 0.6 is 0 Å². The van der Waals surface area contributed by atoms with Gasteiger partial charge >= 0.3 is 0 Å². The van der Waals surface area contributed by atoms with Crippen molar-refractivity contribution >= 4 is 16.9 Å². The highest BCUT2D eigenvalue weighted by atomic mass is 16.5. The number of amides is 1. The Kier molecular flexibility index (Phi) is 4.23. The quantitative estimate of drug-likeness (QED) is 0.591. The summed E-state index contributed by atoms with van der Waals surface area (Å²) in [5.74, 6) is 0.477. The van der Waals surface area contributed by atoms with E-state index in [4.69, 9.17) is 8.94 Å². The Morgan fingerprint density at radius 1 is 1.15 bits per heavy atom. The number of oxazole rings is 1. The van der Waals surface area contributed by atoms with Crippen molar-refractivity contribution in [2.75, 3.05) is 0 Å². The molecule has 0 atom stereocenters. The summed E-state index contributed by atoms with van der Waals surface area (Å²) in [4.78, 5) is 16.9. The molecule has 0 spiro atoms. The molecule has 0 aliphatic carbocycles. The van der Waals surface area contributed by atoms with Crippen molar-refractivity contribution in [3.05, 3.63) is 71.8 Å². The maximum atomic E-state index is 12.5. The molecule has 2 heterocycles. The Balaban J connectivity index is 1.60. The molecule has 2 aromatic heterocycles. The van der Waals surface area contributed by atoms with Crippen molar-refractivity contribution in [2.45, 2.75) is 19.9 Å². The zero-order valence-electron chi connectivity index (χ0n) is 14.2.